The first-order chi connectivity index (χ1) is 11.2. The van der Waals surface area contributed by atoms with Crippen molar-refractivity contribution in [3.8, 4) is 0 Å². The van der Waals surface area contributed by atoms with Crippen LogP contribution in [-0.2, 0) is 12.8 Å². The van der Waals surface area contributed by atoms with Crippen LogP contribution in [0.15, 0.2) is 42.5 Å². The van der Waals surface area contributed by atoms with Gasteiger partial charge in [-0.1, -0.05) is 12.1 Å². The average molecular weight is 305 g/mol. The SMILES string of the molecule is Nc1ccc(NC(=O)c2cccc3c4c([nH]c23)CCCC4)cc1. The van der Waals surface area contributed by atoms with Crippen molar-refractivity contribution in [3.63, 3.8) is 0 Å². The van der Waals surface area contributed by atoms with Gasteiger partial charge in [0.15, 0.2) is 0 Å². The van der Waals surface area contributed by atoms with Crippen LogP contribution in [0.1, 0.15) is 34.5 Å². The van der Waals surface area contributed by atoms with Crippen LogP contribution in [-0.4, -0.2) is 10.9 Å². The van der Waals surface area contributed by atoms with E-state index in [1.165, 1.54) is 29.5 Å². The number of nitrogens with two attached hydrogens (primary N) is 1. The lowest BCUT2D eigenvalue weighted by molar-refractivity contribution is 0.102. The molecule has 1 aliphatic carbocycles. The molecular weight excluding hydrogens is 286 g/mol. The van der Waals surface area contributed by atoms with Crippen molar-refractivity contribution in [2.24, 2.45) is 0 Å². The predicted octanol–water partition coefficient (Wildman–Crippen LogP) is 3.88. The average Bonchev–Trinajstić information content (AvgIpc) is 2.95. The molecule has 0 radical (unpaired) electrons. The molecule has 0 saturated carbocycles. The minimum absolute atomic E-state index is 0.0982. The molecule has 0 fully saturated rings. The number of aromatic amines is 1. The molecule has 23 heavy (non-hydrogen) atoms. The Labute approximate surface area is 134 Å². The number of para-hydroxylation sites is 1. The molecule has 4 nitrogen and oxygen atoms in total. The Morgan fingerprint density at radius 2 is 1.83 bits per heavy atom. The van der Waals surface area contributed by atoms with E-state index in [0.717, 1.165) is 24.0 Å². The number of fused-ring (bicyclic) bond motifs is 3. The zero-order valence-electron chi connectivity index (χ0n) is 12.9. The summed E-state index contributed by atoms with van der Waals surface area (Å²) in [7, 11) is 0. The second-order valence-corrected chi connectivity index (χ2v) is 6.09. The molecule has 116 valence electrons. The third-order valence-corrected chi connectivity index (χ3v) is 4.55. The first-order valence-corrected chi connectivity index (χ1v) is 8.02. The summed E-state index contributed by atoms with van der Waals surface area (Å²) in [6.45, 7) is 0. The molecular formula is C19H19N3O. The predicted molar refractivity (Wildman–Crippen MR) is 93.7 cm³/mol. The second-order valence-electron chi connectivity index (χ2n) is 6.09. The zero-order chi connectivity index (χ0) is 15.8. The van der Waals surface area contributed by atoms with Crippen molar-refractivity contribution in [2.75, 3.05) is 11.1 Å². The standard InChI is InChI=1S/C19H19N3O/c20-12-8-10-13(11-9-12)21-19(23)16-6-3-5-15-14-4-1-2-7-17(14)22-18(15)16/h3,5-6,8-11,22H,1-2,4,7,20H2,(H,21,23). The molecule has 1 heterocycles. The maximum absolute atomic E-state index is 12.7. The monoisotopic (exact) mass is 305 g/mol. The van der Waals surface area contributed by atoms with Crippen LogP contribution in [0, 0.1) is 0 Å². The molecule has 4 N–H and O–H groups in total. The topological polar surface area (TPSA) is 70.9 Å². The van der Waals surface area contributed by atoms with Gasteiger partial charge in [-0.2, -0.15) is 0 Å². The van der Waals surface area contributed by atoms with Crippen LogP contribution in [0.3, 0.4) is 0 Å². The Hall–Kier alpha value is -2.75. The highest BCUT2D eigenvalue weighted by atomic mass is 16.1. The molecule has 3 aromatic rings. The lowest BCUT2D eigenvalue weighted by Crippen LogP contribution is -2.12. The fraction of sp³-hybridized carbons (Fsp3) is 0.211. The molecule has 0 bridgehead atoms. The minimum atomic E-state index is -0.0982. The van der Waals surface area contributed by atoms with Gasteiger partial charge in [0, 0.05) is 22.5 Å². The molecule has 1 aromatic heterocycles. The zero-order valence-corrected chi connectivity index (χ0v) is 12.9. The fourth-order valence-electron chi connectivity index (χ4n) is 3.38. The van der Waals surface area contributed by atoms with E-state index in [0.29, 0.717) is 11.3 Å². The fourth-order valence-corrected chi connectivity index (χ4v) is 3.38. The lowest BCUT2D eigenvalue weighted by Gasteiger charge is -2.10. The highest BCUT2D eigenvalue weighted by molar-refractivity contribution is 6.12. The lowest BCUT2D eigenvalue weighted by atomic mass is 9.95. The van der Waals surface area contributed by atoms with Crippen molar-refractivity contribution >= 4 is 28.2 Å². The van der Waals surface area contributed by atoms with Gasteiger partial charge in [0.25, 0.3) is 5.91 Å². The van der Waals surface area contributed by atoms with Gasteiger partial charge >= 0.3 is 0 Å². The maximum Gasteiger partial charge on any atom is 0.257 e. The summed E-state index contributed by atoms with van der Waals surface area (Å²) in [5.41, 5.74) is 11.4. The summed E-state index contributed by atoms with van der Waals surface area (Å²) in [6, 6.07) is 13.1. The van der Waals surface area contributed by atoms with E-state index in [-0.39, 0.29) is 5.91 Å². The molecule has 1 aliphatic rings. The van der Waals surface area contributed by atoms with Gasteiger partial charge in [0.2, 0.25) is 0 Å². The summed E-state index contributed by atoms with van der Waals surface area (Å²) < 4.78 is 0. The number of hydrogen-bond donors (Lipinski definition) is 3. The van der Waals surface area contributed by atoms with Crippen molar-refractivity contribution in [2.45, 2.75) is 25.7 Å². The molecule has 0 saturated heterocycles. The molecule has 0 spiro atoms. The Balaban J connectivity index is 1.72. The molecule has 4 heteroatoms. The van der Waals surface area contributed by atoms with Gasteiger partial charge in [-0.3, -0.25) is 4.79 Å². The quantitative estimate of drug-likeness (QED) is 0.629. The van der Waals surface area contributed by atoms with Crippen molar-refractivity contribution in [3.05, 3.63) is 59.3 Å². The van der Waals surface area contributed by atoms with E-state index in [1.54, 1.807) is 12.1 Å². The van der Waals surface area contributed by atoms with Gasteiger partial charge in [0.05, 0.1) is 11.1 Å². The first kappa shape index (κ1) is 13.9. The number of carbonyl (C=O) groups is 1. The number of nitrogen functional groups attached to an aromatic ring is 1. The molecule has 0 aliphatic heterocycles. The van der Waals surface area contributed by atoms with Crippen molar-refractivity contribution in [1.82, 2.24) is 4.98 Å². The number of amides is 1. The van der Waals surface area contributed by atoms with Crippen LogP contribution in [0.25, 0.3) is 10.9 Å². The van der Waals surface area contributed by atoms with Crippen molar-refractivity contribution < 1.29 is 4.79 Å². The third-order valence-electron chi connectivity index (χ3n) is 4.55. The largest absolute Gasteiger partial charge is 0.399 e. The van der Waals surface area contributed by atoms with E-state index in [9.17, 15) is 4.79 Å². The molecule has 0 unspecified atom stereocenters. The van der Waals surface area contributed by atoms with E-state index >= 15 is 0 Å². The minimum Gasteiger partial charge on any atom is -0.399 e. The van der Waals surface area contributed by atoms with Gasteiger partial charge in [-0.25, -0.2) is 0 Å². The smallest absolute Gasteiger partial charge is 0.257 e. The number of H-pyrrole nitrogens is 1. The summed E-state index contributed by atoms with van der Waals surface area (Å²) >= 11 is 0. The number of anilines is 2. The number of aromatic nitrogens is 1. The number of nitrogens with one attached hydrogen (secondary N) is 2. The van der Waals surface area contributed by atoms with Gasteiger partial charge < -0.3 is 16.0 Å². The third kappa shape index (κ3) is 2.46. The van der Waals surface area contributed by atoms with Crippen LogP contribution in [0.4, 0.5) is 11.4 Å². The number of aryl methyl sites for hydroxylation is 2. The Bertz CT molecular complexity index is 878. The van der Waals surface area contributed by atoms with Crippen LogP contribution in [0.2, 0.25) is 0 Å². The maximum atomic E-state index is 12.7. The summed E-state index contributed by atoms with van der Waals surface area (Å²) in [5.74, 6) is -0.0982. The summed E-state index contributed by atoms with van der Waals surface area (Å²) in [6.07, 6.45) is 4.61. The van der Waals surface area contributed by atoms with Gasteiger partial charge in [0.1, 0.15) is 0 Å². The van der Waals surface area contributed by atoms with E-state index in [2.05, 4.69) is 16.4 Å². The summed E-state index contributed by atoms with van der Waals surface area (Å²) in [4.78, 5) is 16.1. The summed E-state index contributed by atoms with van der Waals surface area (Å²) in [5, 5.41) is 4.13. The van der Waals surface area contributed by atoms with Crippen molar-refractivity contribution in [1.29, 1.82) is 0 Å². The normalized spacial score (nSPS) is 13.7. The Morgan fingerprint density at radius 1 is 1.04 bits per heavy atom. The van der Waals surface area contributed by atoms with E-state index in [4.69, 9.17) is 5.73 Å². The first-order valence-electron chi connectivity index (χ1n) is 8.02. The molecule has 4 rings (SSSR count). The number of benzene rings is 2. The van der Waals surface area contributed by atoms with E-state index in [1.807, 2.05) is 24.3 Å². The van der Waals surface area contributed by atoms with Crippen LogP contribution < -0.4 is 11.1 Å². The van der Waals surface area contributed by atoms with Gasteiger partial charge in [-0.15, -0.1) is 0 Å². The van der Waals surface area contributed by atoms with Crippen LogP contribution >= 0.6 is 0 Å². The Morgan fingerprint density at radius 3 is 2.65 bits per heavy atom. The van der Waals surface area contributed by atoms with Gasteiger partial charge in [-0.05, 0) is 61.6 Å². The number of carbonyl (C=O) groups excluding carboxylic acids is 1. The number of rotatable bonds is 2. The highest BCUT2D eigenvalue weighted by Gasteiger charge is 2.19. The number of hydrogen-bond acceptors (Lipinski definition) is 2. The van der Waals surface area contributed by atoms with Crippen LogP contribution in [0.5, 0.6) is 0 Å². The second kappa shape index (κ2) is 5.47. The highest BCUT2D eigenvalue weighted by Crippen LogP contribution is 2.31. The molecule has 1 amide bonds. The molecule has 0 atom stereocenters. The van der Waals surface area contributed by atoms with E-state index < -0.39 is 0 Å². The molecule has 2 aromatic carbocycles. The Kier molecular flexibility index (Phi) is 3.30.